The van der Waals surface area contributed by atoms with Gasteiger partial charge in [-0.25, -0.2) is 0 Å². The van der Waals surface area contributed by atoms with Crippen molar-refractivity contribution in [2.75, 3.05) is 0 Å². The van der Waals surface area contributed by atoms with Crippen LogP contribution in [0.15, 0.2) is 12.3 Å². The topological polar surface area (TPSA) is 26.3 Å². The molecule has 1 saturated carbocycles. The first kappa shape index (κ1) is 12.3. The molecule has 0 spiro atoms. The summed E-state index contributed by atoms with van der Waals surface area (Å²) in [6.07, 6.45) is 3.46. The smallest absolute Gasteiger partial charge is 0.193 e. The molecule has 15 heavy (non-hydrogen) atoms. The highest BCUT2D eigenvalue weighted by molar-refractivity contribution is 5.90. The van der Waals surface area contributed by atoms with Gasteiger partial charge in [0.2, 0.25) is 0 Å². The van der Waals surface area contributed by atoms with Crippen molar-refractivity contribution < 1.29 is 9.53 Å². The lowest BCUT2D eigenvalue weighted by molar-refractivity contribution is -0.119. The van der Waals surface area contributed by atoms with Crippen molar-refractivity contribution in [3.8, 4) is 0 Å². The Morgan fingerprint density at radius 3 is 2.47 bits per heavy atom. The van der Waals surface area contributed by atoms with Gasteiger partial charge >= 0.3 is 0 Å². The second-order valence-corrected chi connectivity index (χ2v) is 5.63. The molecule has 0 bridgehead atoms. The molecule has 1 aliphatic carbocycles. The number of Topliss-reactive ketones (excluding diaryl/α,β-unsaturated/α-hetero) is 1. The first-order valence-corrected chi connectivity index (χ1v) is 5.66. The van der Waals surface area contributed by atoms with Crippen LogP contribution < -0.4 is 0 Å². The molecule has 0 radical (unpaired) electrons. The Morgan fingerprint density at radius 1 is 1.40 bits per heavy atom. The van der Waals surface area contributed by atoms with Gasteiger partial charge in [0.1, 0.15) is 0 Å². The molecule has 0 aromatic heterocycles. The Morgan fingerprint density at radius 2 is 2.00 bits per heavy atom. The van der Waals surface area contributed by atoms with Crippen LogP contribution in [0.4, 0.5) is 0 Å². The van der Waals surface area contributed by atoms with E-state index in [9.17, 15) is 4.79 Å². The van der Waals surface area contributed by atoms with Gasteiger partial charge in [-0.3, -0.25) is 4.79 Å². The average Bonchev–Trinajstić information content (AvgIpc) is 1.99. The molecule has 0 aromatic carbocycles. The molecule has 0 unspecified atom stereocenters. The lowest BCUT2D eigenvalue weighted by Gasteiger charge is -2.38. The van der Waals surface area contributed by atoms with E-state index in [2.05, 4.69) is 27.4 Å². The maximum Gasteiger partial charge on any atom is 0.193 e. The Hall–Kier alpha value is -0.790. The molecule has 0 aromatic rings. The summed E-state index contributed by atoms with van der Waals surface area (Å²) in [7, 11) is 0. The first-order chi connectivity index (χ1) is 6.80. The molecule has 0 saturated heterocycles. The zero-order valence-electron chi connectivity index (χ0n) is 10.3. The summed E-state index contributed by atoms with van der Waals surface area (Å²) in [6, 6.07) is 0. The van der Waals surface area contributed by atoms with E-state index in [-0.39, 0.29) is 11.9 Å². The van der Waals surface area contributed by atoms with E-state index in [4.69, 9.17) is 4.74 Å². The van der Waals surface area contributed by atoms with Gasteiger partial charge in [-0.05, 0) is 30.6 Å². The van der Waals surface area contributed by atoms with Crippen molar-refractivity contribution >= 4 is 5.78 Å². The monoisotopic (exact) mass is 210 g/mol. The molecule has 0 heterocycles. The molecule has 2 heteroatoms. The molecular weight excluding hydrogens is 188 g/mol. The lowest BCUT2D eigenvalue weighted by atomic mass is 9.71. The van der Waals surface area contributed by atoms with Gasteiger partial charge in [-0.1, -0.05) is 27.4 Å². The first-order valence-electron chi connectivity index (χ1n) is 5.66. The van der Waals surface area contributed by atoms with E-state index in [0.717, 1.165) is 12.8 Å². The lowest BCUT2D eigenvalue weighted by Crippen LogP contribution is -2.32. The maximum absolute atomic E-state index is 11.0. The molecule has 0 aliphatic heterocycles. The number of carbonyl (C=O) groups is 1. The van der Waals surface area contributed by atoms with E-state index in [1.54, 1.807) is 0 Å². The summed E-state index contributed by atoms with van der Waals surface area (Å²) in [5.74, 6) is 0.912. The van der Waals surface area contributed by atoms with Crippen LogP contribution in [0, 0.1) is 11.3 Å². The van der Waals surface area contributed by atoms with E-state index >= 15 is 0 Å². The van der Waals surface area contributed by atoms with Crippen LogP contribution >= 0.6 is 0 Å². The number of hydrogen-bond acceptors (Lipinski definition) is 2. The molecule has 1 aliphatic rings. The largest absolute Gasteiger partial charge is 0.487 e. The van der Waals surface area contributed by atoms with Crippen LogP contribution in [-0.4, -0.2) is 11.9 Å². The Labute approximate surface area is 92.7 Å². The van der Waals surface area contributed by atoms with Crippen molar-refractivity contribution in [3.63, 3.8) is 0 Å². The molecule has 2 atom stereocenters. The predicted octanol–water partition coefficient (Wildman–Crippen LogP) is 3.32. The van der Waals surface area contributed by atoms with Crippen LogP contribution in [0.5, 0.6) is 0 Å². The third-order valence-corrected chi connectivity index (χ3v) is 3.05. The van der Waals surface area contributed by atoms with Gasteiger partial charge in [0.05, 0.1) is 6.10 Å². The van der Waals surface area contributed by atoms with Crippen LogP contribution in [0.1, 0.15) is 47.0 Å². The highest BCUT2D eigenvalue weighted by atomic mass is 16.5. The molecule has 0 amide bonds. The fourth-order valence-electron chi connectivity index (χ4n) is 2.63. The molecule has 2 nitrogen and oxygen atoms in total. The highest BCUT2D eigenvalue weighted by Crippen LogP contribution is 2.40. The summed E-state index contributed by atoms with van der Waals surface area (Å²) in [5.41, 5.74) is 0.319. The molecule has 0 N–H and O–H groups in total. The van der Waals surface area contributed by atoms with Gasteiger partial charge < -0.3 is 4.74 Å². The van der Waals surface area contributed by atoms with Crippen molar-refractivity contribution in [3.05, 3.63) is 12.3 Å². The summed E-state index contributed by atoms with van der Waals surface area (Å²) in [4.78, 5) is 11.0. The Bertz CT molecular complexity index is 266. The van der Waals surface area contributed by atoms with E-state index in [0.29, 0.717) is 17.1 Å². The average molecular weight is 210 g/mol. The van der Waals surface area contributed by atoms with Crippen LogP contribution in [0.25, 0.3) is 0 Å². The zero-order chi connectivity index (χ0) is 11.6. The van der Waals surface area contributed by atoms with Gasteiger partial charge in [-0.2, -0.15) is 0 Å². The summed E-state index contributed by atoms with van der Waals surface area (Å²) >= 11 is 0. The number of ketones is 1. The Balaban J connectivity index is 2.56. The summed E-state index contributed by atoms with van der Waals surface area (Å²) in [5, 5.41) is 0. The van der Waals surface area contributed by atoms with Gasteiger partial charge in [0.15, 0.2) is 11.5 Å². The minimum Gasteiger partial charge on any atom is -0.487 e. The second kappa shape index (κ2) is 4.38. The van der Waals surface area contributed by atoms with E-state index in [1.807, 2.05) is 0 Å². The van der Waals surface area contributed by atoms with Gasteiger partial charge in [0, 0.05) is 6.92 Å². The van der Waals surface area contributed by atoms with Crippen molar-refractivity contribution in [2.24, 2.45) is 11.3 Å². The van der Waals surface area contributed by atoms with Gasteiger partial charge in [0.25, 0.3) is 0 Å². The fourth-order valence-corrected chi connectivity index (χ4v) is 2.63. The zero-order valence-corrected chi connectivity index (χ0v) is 10.3. The Kier molecular flexibility index (Phi) is 3.58. The highest BCUT2D eigenvalue weighted by Gasteiger charge is 2.33. The van der Waals surface area contributed by atoms with Gasteiger partial charge in [-0.15, -0.1) is 0 Å². The number of allylic oxidation sites excluding steroid dienone is 1. The van der Waals surface area contributed by atoms with E-state index < -0.39 is 0 Å². The molecule has 86 valence electrons. The molecular formula is C13H22O2. The van der Waals surface area contributed by atoms with Crippen molar-refractivity contribution in [1.29, 1.82) is 0 Å². The minimum atomic E-state index is -0.0639. The number of hydrogen-bond donors (Lipinski definition) is 0. The van der Waals surface area contributed by atoms with Crippen LogP contribution in [-0.2, 0) is 9.53 Å². The number of ether oxygens (including phenoxy) is 1. The third kappa shape index (κ3) is 3.69. The number of rotatable bonds is 3. The summed E-state index contributed by atoms with van der Waals surface area (Å²) < 4.78 is 5.61. The van der Waals surface area contributed by atoms with Crippen LogP contribution in [0.2, 0.25) is 0 Å². The van der Waals surface area contributed by atoms with E-state index in [1.165, 1.54) is 13.3 Å². The third-order valence-electron chi connectivity index (χ3n) is 3.05. The van der Waals surface area contributed by atoms with Crippen molar-refractivity contribution in [2.45, 2.75) is 53.1 Å². The summed E-state index contributed by atoms with van der Waals surface area (Å²) in [6.45, 7) is 11.9. The van der Waals surface area contributed by atoms with Crippen LogP contribution in [0.3, 0.4) is 0 Å². The SMILES string of the molecule is C=C(O[C@@H]1C[C@@H](C)CC(C)(C)C1)C(C)=O. The predicted molar refractivity (Wildman–Crippen MR) is 61.5 cm³/mol. The number of carbonyl (C=O) groups excluding carboxylic acids is 1. The molecule has 1 rings (SSSR count). The minimum absolute atomic E-state index is 0.0639. The maximum atomic E-state index is 11.0. The normalized spacial score (nSPS) is 29.6. The second-order valence-electron chi connectivity index (χ2n) is 5.63. The van der Waals surface area contributed by atoms with Crippen molar-refractivity contribution in [1.82, 2.24) is 0 Å². The quantitative estimate of drug-likeness (QED) is 0.527. The standard InChI is InChI=1S/C13H22O2/c1-9-6-12(8-13(4,5)7-9)15-11(3)10(2)14/h9,12H,3,6-8H2,1-2,4-5H3/t9-,12-/m1/s1. The molecule has 1 fully saturated rings. The fraction of sp³-hybridized carbons (Fsp3) is 0.769.